The summed E-state index contributed by atoms with van der Waals surface area (Å²) < 4.78 is 0. The smallest absolute Gasteiger partial charge is 0.321 e. The van der Waals surface area contributed by atoms with Gasteiger partial charge in [0.15, 0.2) is 0 Å². The summed E-state index contributed by atoms with van der Waals surface area (Å²) in [5.74, 6) is 0.0502. The molecule has 0 unspecified atom stereocenters. The third kappa shape index (κ3) is 5.28. The van der Waals surface area contributed by atoms with Crippen LogP contribution in [0.2, 0.25) is 0 Å². The largest absolute Gasteiger partial charge is 0.338 e. The average molecular weight is 533 g/mol. The topological polar surface area (TPSA) is 72.9 Å². The SMILES string of the molecule is Cc1ncnc(C)c1C(=O)N1CCC(C)(N2CCC(N3C(=O)N(C(C)(C)C)C[C@H]3c3ccccc3)CC2)CC1. The Balaban J connectivity index is 1.24. The van der Waals surface area contributed by atoms with Crippen LogP contribution in [0.25, 0.3) is 0 Å². The van der Waals surface area contributed by atoms with E-state index in [1.165, 1.54) is 11.9 Å². The van der Waals surface area contributed by atoms with E-state index in [2.05, 4.69) is 71.7 Å². The number of carbonyl (C=O) groups is 2. The van der Waals surface area contributed by atoms with Crippen LogP contribution >= 0.6 is 0 Å². The molecule has 3 aliphatic rings. The van der Waals surface area contributed by atoms with E-state index in [1.807, 2.05) is 29.7 Å². The van der Waals surface area contributed by atoms with Gasteiger partial charge in [0.1, 0.15) is 6.33 Å². The molecule has 3 fully saturated rings. The summed E-state index contributed by atoms with van der Waals surface area (Å²) in [6, 6.07) is 11.0. The second-order valence-corrected chi connectivity index (χ2v) is 12.8. The summed E-state index contributed by atoms with van der Waals surface area (Å²) in [6.07, 6.45) is 5.37. The maximum Gasteiger partial charge on any atom is 0.321 e. The Bertz CT molecular complexity index is 1170. The molecule has 1 atom stereocenters. The molecule has 3 amide bonds. The van der Waals surface area contributed by atoms with Gasteiger partial charge in [-0.1, -0.05) is 30.3 Å². The molecule has 0 N–H and O–H groups in total. The van der Waals surface area contributed by atoms with Crippen molar-refractivity contribution in [1.29, 1.82) is 0 Å². The molecule has 0 spiro atoms. The quantitative estimate of drug-likeness (QED) is 0.564. The van der Waals surface area contributed by atoms with Gasteiger partial charge in [-0.25, -0.2) is 14.8 Å². The highest BCUT2D eigenvalue weighted by molar-refractivity contribution is 5.96. The number of rotatable bonds is 4. The Morgan fingerprint density at radius 2 is 1.54 bits per heavy atom. The Hall–Kier alpha value is -3.00. The maximum absolute atomic E-state index is 13.7. The lowest BCUT2D eigenvalue weighted by Crippen LogP contribution is -2.58. The second kappa shape index (κ2) is 10.5. The number of carbonyl (C=O) groups excluding carboxylic acids is 2. The molecule has 210 valence electrons. The molecule has 0 bridgehead atoms. The van der Waals surface area contributed by atoms with Crippen LogP contribution in [-0.2, 0) is 0 Å². The maximum atomic E-state index is 13.7. The zero-order chi connectivity index (χ0) is 27.9. The van der Waals surface area contributed by atoms with E-state index in [0.29, 0.717) is 5.56 Å². The molecule has 1 aromatic heterocycles. The standard InChI is InChI=1S/C31H44N6O2/c1-22-27(23(2)33-21-32-22)28(38)34-18-14-31(6,15-19-34)35-16-12-25(13-17-35)37-26(24-10-8-7-9-11-24)20-36(29(37)39)30(3,4)5/h7-11,21,25-26H,12-20H2,1-6H3/t26-/m0/s1. The molecular weight excluding hydrogens is 488 g/mol. The van der Waals surface area contributed by atoms with Gasteiger partial charge in [-0.05, 0) is 72.8 Å². The molecular formula is C31H44N6O2. The van der Waals surface area contributed by atoms with Crippen molar-refractivity contribution in [3.05, 3.63) is 59.2 Å². The number of urea groups is 1. The summed E-state index contributed by atoms with van der Waals surface area (Å²) in [5, 5.41) is 0. The first-order chi connectivity index (χ1) is 18.5. The first kappa shape index (κ1) is 27.6. The van der Waals surface area contributed by atoms with Gasteiger partial charge in [0.2, 0.25) is 0 Å². The third-order valence-electron chi connectivity index (χ3n) is 9.33. The van der Waals surface area contributed by atoms with E-state index in [9.17, 15) is 9.59 Å². The number of amides is 3. The lowest BCUT2D eigenvalue weighted by molar-refractivity contribution is 0.00480. The van der Waals surface area contributed by atoms with Crippen molar-refractivity contribution in [2.75, 3.05) is 32.7 Å². The Morgan fingerprint density at radius 1 is 0.949 bits per heavy atom. The second-order valence-electron chi connectivity index (χ2n) is 12.8. The van der Waals surface area contributed by atoms with Gasteiger partial charge < -0.3 is 14.7 Å². The number of hydrogen-bond donors (Lipinski definition) is 0. The van der Waals surface area contributed by atoms with Crippen molar-refractivity contribution in [3.8, 4) is 0 Å². The summed E-state index contributed by atoms with van der Waals surface area (Å²) in [4.78, 5) is 44.3. The zero-order valence-corrected chi connectivity index (χ0v) is 24.5. The fourth-order valence-corrected chi connectivity index (χ4v) is 6.78. The van der Waals surface area contributed by atoms with E-state index in [-0.39, 0.29) is 35.1 Å². The van der Waals surface area contributed by atoms with Crippen molar-refractivity contribution in [3.63, 3.8) is 0 Å². The predicted molar refractivity (Wildman–Crippen MR) is 153 cm³/mol. The molecule has 8 nitrogen and oxygen atoms in total. The number of aromatic nitrogens is 2. The Morgan fingerprint density at radius 3 is 2.10 bits per heavy atom. The van der Waals surface area contributed by atoms with Crippen molar-refractivity contribution in [2.24, 2.45) is 0 Å². The highest BCUT2D eigenvalue weighted by Crippen LogP contribution is 2.39. The summed E-state index contributed by atoms with van der Waals surface area (Å²) in [6.45, 7) is 16.7. The number of piperidine rings is 2. The molecule has 2 aromatic rings. The van der Waals surface area contributed by atoms with Crippen LogP contribution in [0.5, 0.6) is 0 Å². The minimum Gasteiger partial charge on any atom is -0.338 e. The van der Waals surface area contributed by atoms with Crippen molar-refractivity contribution < 1.29 is 9.59 Å². The van der Waals surface area contributed by atoms with Gasteiger partial charge in [0.25, 0.3) is 5.91 Å². The lowest BCUT2D eigenvalue weighted by atomic mass is 9.85. The van der Waals surface area contributed by atoms with Crippen LogP contribution in [-0.4, -0.2) is 91.3 Å². The normalized spacial score (nSPS) is 23.0. The molecule has 0 aliphatic carbocycles. The van der Waals surface area contributed by atoms with Crippen LogP contribution in [0.4, 0.5) is 4.79 Å². The van der Waals surface area contributed by atoms with Crippen molar-refractivity contribution in [1.82, 2.24) is 29.6 Å². The lowest BCUT2D eigenvalue weighted by Gasteiger charge is -2.50. The van der Waals surface area contributed by atoms with Crippen LogP contribution in [0.1, 0.15) is 86.7 Å². The van der Waals surface area contributed by atoms with Crippen molar-refractivity contribution in [2.45, 2.75) is 90.4 Å². The molecule has 3 aliphatic heterocycles. The molecule has 1 aromatic carbocycles. The van der Waals surface area contributed by atoms with Gasteiger partial charge in [0, 0.05) is 49.8 Å². The molecule has 0 saturated carbocycles. The summed E-state index contributed by atoms with van der Waals surface area (Å²) >= 11 is 0. The minimum absolute atomic E-state index is 0.0502. The number of aryl methyl sites for hydroxylation is 2. The molecule has 39 heavy (non-hydrogen) atoms. The van der Waals surface area contributed by atoms with E-state index in [1.54, 1.807) is 0 Å². The van der Waals surface area contributed by atoms with Gasteiger partial charge >= 0.3 is 6.03 Å². The summed E-state index contributed by atoms with van der Waals surface area (Å²) in [5.41, 5.74) is 3.22. The highest BCUT2D eigenvalue weighted by atomic mass is 16.2. The van der Waals surface area contributed by atoms with Crippen LogP contribution in [0, 0.1) is 13.8 Å². The number of benzene rings is 1. The number of likely N-dealkylation sites (tertiary alicyclic amines) is 2. The molecule has 4 heterocycles. The third-order valence-corrected chi connectivity index (χ3v) is 9.33. The van der Waals surface area contributed by atoms with Crippen LogP contribution in [0.3, 0.4) is 0 Å². The fourth-order valence-electron chi connectivity index (χ4n) is 6.78. The molecule has 5 rings (SSSR count). The van der Waals surface area contributed by atoms with Crippen LogP contribution in [0.15, 0.2) is 36.7 Å². The van der Waals surface area contributed by atoms with Gasteiger partial charge in [-0.2, -0.15) is 0 Å². The first-order valence-electron chi connectivity index (χ1n) is 14.5. The van der Waals surface area contributed by atoms with E-state index in [4.69, 9.17) is 0 Å². The van der Waals surface area contributed by atoms with Gasteiger partial charge in [0.05, 0.1) is 23.0 Å². The minimum atomic E-state index is -0.207. The van der Waals surface area contributed by atoms with E-state index >= 15 is 0 Å². The fraction of sp³-hybridized carbons (Fsp3) is 0.613. The monoisotopic (exact) mass is 532 g/mol. The Kier molecular flexibility index (Phi) is 7.44. The highest BCUT2D eigenvalue weighted by Gasteiger charge is 2.47. The van der Waals surface area contributed by atoms with Gasteiger partial charge in [-0.15, -0.1) is 0 Å². The van der Waals surface area contributed by atoms with E-state index < -0.39 is 0 Å². The predicted octanol–water partition coefficient (Wildman–Crippen LogP) is 4.83. The molecule has 3 saturated heterocycles. The zero-order valence-electron chi connectivity index (χ0n) is 24.5. The van der Waals surface area contributed by atoms with Crippen LogP contribution < -0.4 is 0 Å². The van der Waals surface area contributed by atoms with E-state index in [0.717, 1.165) is 69.8 Å². The first-order valence-corrected chi connectivity index (χ1v) is 14.5. The van der Waals surface area contributed by atoms with Gasteiger partial charge in [-0.3, -0.25) is 9.69 Å². The number of hydrogen-bond acceptors (Lipinski definition) is 5. The Labute approximate surface area is 233 Å². The summed E-state index contributed by atoms with van der Waals surface area (Å²) in [7, 11) is 0. The van der Waals surface area contributed by atoms with Crippen molar-refractivity contribution >= 4 is 11.9 Å². The average Bonchev–Trinajstić information content (AvgIpc) is 3.27. The molecule has 0 radical (unpaired) electrons. The number of nitrogens with zero attached hydrogens (tertiary/aromatic N) is 6. The molecule has 8 heteroatoms.